The Hall–Kier alpha value is -2.93. The van der Waals surface area contributed by atoms with Gasteiger partial charge in [-0.25, -0.2) is 0 Å². The van der Waals surface area contributed by atoms with Crippen molar-refractivity contribution < 1.29 is 14.5 Å². The highest BCUT2D eigenvalue weighted by molar-refractivity contribution is 6.34. The summed E-state index contributed by atoms with van der Waals surface area (Å²) in [6.07, 6.45) is 3.05. The van der Waals surface area contributed by atoms with Gasteiger partial charge in [-0.3, -0.25) is 19.7 Å². The first-order valence-corrected chi connectivity index (χ1v) is 8.99. The summed E-state index contributed by atoms with van der Waals surface area (Å²) in [4.78, 5) is 37.4. The van der Waals surface area contributed by atoms with Gasteiger partial charge >= 0.3 is 0 Å². The first-order chi connectivity index (χ1) is 13.0. The van der Waals surface area contributed by atoms with Gasteiger partial charge in [0.1, 0.15) is 0 Å². The number of para-hydroxylation sites is 1. The molecule has 3 rings (SSSR count). The van der Waals surface area contributed by atoms with Gasteiger partial charge in [-0.1, -0.05) is 23.7 Å². The number of halogens is 1. The second-order valence-corrected chi connectivity index (χ2v) is 6.68. The van der Waals surface area contributed by atoms with Gasteiger partial charge in [-0.15, -0.1) is 0 Å². The Bertz CT molecular complexity index is 894. The molecule has 0 radical (unpaired) electrons. The molecule has 0 saturated carbocycles. The lowest BCUT2D eigenvalue weighted by atomic mass is 10.1. The maximum Gasteiger partial charge on any atom is 0.270 e. The molecule has 0 aromatic heterocycles. The number of hydrogen-bond acceptors (Lipinski definition) is 4. The van der Waals surface area contributed by atoms with Crippen molar-refractivity contribution in [3.63, 3.8) is 0 Å². The average Bonchev–Trinajstić information content (AvgIpc) is 2.68. The van der Waals surface area contributed by atoms with Crippen LogP contribution in [0.5, 0.6) is 0 Å². The molecule has 7 nitrogen and oxygen atoms in total. The maximum absolute atomic E-state index is 12.8. The third-order valence-corrected chi connectivity index (χ3v) is 4.77. The van der Waals surface area contributed by atoms with Gasteiger partial charge in [-0.2, -0.15) is 0 Å². The molecule has 2 aromatic carbocycles. The minimum Gasteiger partial charge on any atom is -0.339 e. The third kappa shape index (κ3) is 4.25. The standard InChI is InChI=1S/C19H18ClN3O4/c20-16-12-13(23(26)27)8-9-14(16)18(24)21-17-7-3-2-6-15(17)19(25)22-10-4-1-5-11-22/h2-3,6-9,12H,1,4-5,10-11H2,(H,21,24). The van der Waals surface area contributed by atoms with E-state index in [2.05, 4.69) is 5.32 Å². The van der Waals surface area contributed by atoms with Gasteiger partial charge in [0.25, 0.3) is 17.5 Å². The van der Waals surface area contributed by atoms with Crippen LogP contribution in [0.3, 0.4) is 0 Å². The Balaban J connectivity index is 1.82. The number of hydrogen-bond donors (Lipinski definition) is 1. The largest absolute Gasteiger partial charge is 0.339 e. The van der Waals surface area contributed by atoms with Crippen LogP contribution in [0.1, 0.15) is 40.0 Å². The molecule has 0 unspecified atom stereocenters. The molecule has 1 saturated heterocycles. The average molecular weight is 388 g/mol. The molecule has 0 spiro atoms. The highest BCUT2D eigenvalue weighted by atomic mass is 35.5. The number of rotatable bonds is 4. The molecule has 0 bridgehead atoms. The molecule has 2 amide bonds. The molecule has 1 fully saturated rings. The molecule has 1 aliphatic heterocycles. The van der Waals surface area contributed by atoms with E-state index < -0.39 is 10.8 Å². The lowest BCUT2D eigenvalue weighted by molar-refractivity contribution is -0.384. The van der Waals surface area contributed by atoms with Crippen molar-refractivity contribution in [1.82, 2.24) is 4.90 Å². The summed E-state index contributed by atoms with van der Waals surface area (Å²) in [5.41, 5.74) is 0.693. The Morgan fingerprint density at radius 2 is 1.74 bits per heavy atom. The number of nitro benzene ring substituents is 1. The Morgan fingerprint density at radius 1 is 1.04 bits per heavy atom. The lowest BCUT2D eigenvalue weighted by Gasteiger charge is -2.27. The highest BCUT2D eigenvalue weighted by Gasteiger charge is 2.22. The number of likely N-dealkylation sites (tertiary alicyclic amines) is 1. The summed E-state index contributed by atoms with van der Waals surface area (Å²) in [5.74, 6) is -0.658. The summed E-state index contributed by atoms with van der Waals surface area (Å²) in [5, 5.41) is 13.5. The van der Waals surface area contributed by atoms with Crippen LogP contribution >= 0.6 is 11.6 Å². The monoisotopic (exact) mass is 387 g/mol. The number of benzene rings is 2. The van der Waals surface area contributed by atoms with E-state index in [4.69, 9.17) is 11.6 Å². The van der Waals surface area contributed by atoms with Gasteiger partial charge in [0.2, 0.25) is 0 Å². The smallest absolute Gasteiger partial charge is 0.270 e. The first-order valence-electron chi connectivity index (χ1n) is 8.61. The Labute approximate surface area is 161 Å². The minimum absolute atomic E-state index is 0.0264. The quantitative estimate of drug-likeness (QED) is 0.630. The maximum atomic E-state index is 12.8. The highest BCUT2D eigenvalue weighted by Crippen LogP contribution is 2.25. The van der Waals surface area contributed by atoms with Crippen molar-refractivity contribution in [2.75, 3.05) is 18.4 Å². The zero-order chi connectivity index (χ0) is 19.4. The van der Waals surface area contributed by atoms with Gasteiger partial charge in [-0.05, 0) is 37.5 Å². The predicted molar refractivity (Wildman–Crippen MR) is 102 cm³/mol. The van der Waals surface area contributed by atoms with Gasteiger partial charge in [0.05, 0.1) is 26.8 Å². The molecule has 140 valence electrons. The van der Waals surface area contributed by atoms with E-state index in [0.717, 1.165) is 25.3 Å². The number of nitro groups is 1. The van der Waals surface area contributed by atoms with Gasteiger partial charge < -0.3 is 10.2 Å². The van der Waals surface area contributed by atoms with Crippen LogP contribution in [0.4, 0.5) is 11.4 Å². The molecule has 8 heteroatoms. The first kappa shape index (κ1) is 18.8. The summed E-state index contributed by atoms with van der Waals surface area (Å²) in [7, 11) is 0. The van der Waals surface area contributed by atoms with E-state index in [-0.39, 0.29) is 22.2 Å². The second-order valence-electron chi connectivity index (χ2n) is 6.27. The number of carbonyl (C=O) groups is 2. The van der Waals surface area contributed by atoms with Crippen LogP contribution in [0.2, 0.25) is 5.02 Å². The van der Waals surface area contributed by atoms with E-state index in [1.54, 1.807) is 29.2 Å². The molecule has 0 atom stereocenters. The van der Waals surface area contributed by atoms with Crippen molar-refractivity contribution >= 4 is 34.8 Å². The molecule has 1 N–H and O–H groups in total. The second kappa shape index (κ2) is 8.18. The normalized spacial score (nSPS) is 13.9. The number of carbonyl (C=O) groups excluding carboxylic acids is 2. The van der Waals surface area contributed by atoms with E-state index in [0.29, 0.717) is 24.3 Å². The van der Waals surface area contributed by atoms with Crippen LogP contribution < -0.4 is 5.32 Å². The number of piperidine rings is 1. The SMILES string of the molecule is O=C(Nc1ccccc1C(=O)N1CCCCC1)c1ccc([N+](=O)[O-])cc1Cl. The van der Waals surface area contributed by atoms with E-state index in [1.807, 2.05) is 0 Å². The van der Waals surface area contributed by atoms with Crippen LogP contribution in [0.15, 0.2) is 42.5 Å². The third-order valence-electron chi connectivity index (χ3n) is 4.46. The minimum atomic E-state index is -0.583. The lowest BCUT2D eigenvalue weighted by Crippen LogP contribution is -2.36. The molecule has 1 aliphatic rings. The zero-order valence-corrected chi connectivity index (χ0v) is 15.2. The van der Waals surface area contributed by atoms with Gasteiger partial charge in [0, 0.05) is 25.2 Å². The Morgan fingerprint density at radius 3 is 2.41 bits per heavy atom. The number of nitrogens with one attached hydrogen (secondary N) is 1. The van der Waals surface area contributed by atoms with Crippen molar-refractivity contribution in [3.05, 3.63) is 68.7 Å². The van der Waals surface area contributed by atoms with Crippen LogP contribution in [0.25, 0.3) is 0 Å². The molecule has 1 heterocycles. The fourth-order valence-corrected chi connectivity index (χ4v) is 3.30. The van der Waals surface area contributed by atoms with Crippen LogP contribution in [-0.2, 0) is 0 Å². The molecular formula is C19H18ClN3O4. The van der Waals surface area contributed by atoms with E-state index in [1.165, 1.54) is 12.1 Å². The van der Waals surface area contributed by atoms with E-state index >= 15 is 0 Å². The number of non-ortho nitro benzene ring substituents is 1. The fourth-order valence-electron chi connectivity index (χ4n) is 3.04. The van der Waals surface area contributed by atoms with Crippen molar-refractivity contribution in [2.24, 2.45) is 0 Å². The summed E-state index contributed by atoms with van der Waals surface area (Å²) in [6, 6.07) is 10.4. The molecular weight excluding hydrogens is 370 g/mol. The van der Waals surface area contributed by atoms with Crippen molar-refractivity contribution in [2.45, 2.75) is 19.3 Å². The van der Waals surface area contributed by atoms with Gasteiger partial charge in [0.15, 0.2) is 0 Å². The summed E-state index contributed by atoms with van der Waals surface area (Å²) >= 11 is 6.02. The fraction of sp³-hybridized carbons (Fsp3) is 0.263. The van der Waals surface area contributed by atoms with Crippen molar-refractivity contribution in [3.8, 4) is 0 Å². The molecule has 27 heavy (non-hydrogen) atoms. The molecule has 0 aliphatic carbocycles. The topological polar surface area (TPSA) is 92.6 Å². The van der Waals surface area contributed by atoms with Crippen molar-refractivity contribution in [1.29, 1.82) is 0 Å². The predicted octanol–water partition coefficient (Wildman–Crippen LogP) is 4.13. The summed E-state index contributed by atoms with van der Waals surface area (Å²) < 4.78 is 0. The molecule has 2 aromatic rings. The number of anilines is 1. The Kier molecular flexibility index (Phi) is 5.71. The van der Waals surface area contributed by atoms with Crippen LogP contribution in [0, 0.1) is 10.1 Å². The van der Waals surface area contributed by atoms with Crippen LogP contribution in [-0.4, -0.2) is 34.7 Å². The number of nitrogens with zero attached hydrogens (tertiary/aromatic N) is 2. The number of amides is 2. The van der Waals surface area contributed by atoms with E-state index in [9.17, 15) is 19.7 Å². The zero-order valence-electron chi connectivity index (χ0n) is 14.5. The summed E-state index contributed by atoms with van der Waals surface area (Å²) in [6.45, 7) is 1.41.